The molecule has 0 saturated heterocycles. The number of nitrogens with one attached hydrogen (secondary N) is 2. The minimum atomic E-state index is -0.280. The molecule has 0 fully saturated rings. The number of carbonyl (C=O) groups excluding carboxylic acids is 1. The molecule has 2 aromatic rings. The molecule has 0 aliphatic heterocycles. The molecular formula is C15H14Cl2N4O. The Labute approximate surface area is 138 Å². The third-order valence-corrected chi connectivity index (χ3v) is 3.38. The molecule has 5 nitrogen and oxygen atoms in total. The monoisotopic (exact) mass is 336 g/mol. The molecule has 2 rings (SSSR count). The Balaban J connectivity index is 1.85. The number of hydrogen-bond acceptors (Lipinski definition) is 4. The molecule has 0 aliphatic carbocycles. The van der Waals surface area contributed by atoms with Gasteiger partial charge in [0.25, 0.3) is 5.91 Å². The Morgan fingerprint density at radius 3 is 2.50 bits per heavy atom. The van der Waals surface area contributed by atoms with E-state index in [0.29, 0.717) is 15.6 Å². The second-order valence-corrected chi connectivity index (χ2v) is 5.34. The number of pyridine rings is 1. The van der Waals surface area contributed by atoms with E-state index in [4.69, 9.17) is 23.2 Å². The molecule has 1 aromatic heterocycles. The lowest BCUT2D eigenvalue weighted by atomic mass is 10.2. The molecule has 1 aromatic carbocycles. The first kappa shape index (κ1) is 16.3. The van der Waals surface area contributed by atoms with Crippen LogP contribution in [0.1, 0.15) is 11.1 Å². The zero-order valence-corrected chi connectivity index (χ0v) is 13.3. The first-order chi connectivity index (χ1) is 10.6. The lowest BCUT2D eigenvalue weighted by molar-refractivity contribution is -0.119. The first-order valence-electron chi connectivity index (χ1n) is 6.47. The van der Waals surface area contributed by atoms with Crippen molar-refractivity contribution in [3.8, 4) is 0 Å². The van der Waals surface area contributed by atoms with Crippen LogP contribution in [0.2, 0.25) is 10.0 Å². The van der Waals surface area contributed by atoms with E-state index in [9.17, 15) is 4.79 Å². The van der Waals surface area contributed by atoms with Gasteiger partial charge in [0.05, 0.1) is 22.8 Å². The average Bonchev–Trinajstić information content (AvgIpc) is 2.50. The standard InChI is InChI=1S/C15H14Cl2N4O/c1-10-2-4-11(5-3-10)19-9-15(22)21-20-6-12-13(16)7-18-8-14(12)17/h2-8,19H,9H2,1H3,(H,21,22). The summed E-state index contributed by atoms with van der Waals surface area (Å²) in [5.74, 6) is -0.280. The van der Waals surface area contributed by atoms with Gasteiger partial charge in [-0.1, -0.05) is 40.9 Å². The number of benzene rings is 1. The van der Waals surface area contributed by atoms with Gasteiger partial charge in [-0.25, -0.2) is 5.43 Å². The molecule has 0 spiro atoms. The highest BCUT2D eigenvalue weighted by Gasteiger charge is 2.04. The molecule has 7 heteroatoms. The fourth-order valence-corrected chi connectivity index (χ4v) is 2.07. The van der Waals surface area contributed by atoms with Gasteiger partial charge in [-0.2, -0.15) is 5.10 Å². The SMILES string of the molecule is Cc1ccc(NCC(=O)NN=Cc2c(Cl)cncc2Cl)cc1. The third-order valence-electron chi connectivity index (χ3n) is 2.78. The van der Waals surface area contributed by atoms with E-state index in [1.165, 1.54) is 18.6 Å². The van der Waals surface area contributed by atoms with Gasteiger partial charge in [-0.05, 0) is 19.1 Å². The highest BCUT2D eigenvalue weighted by Crippen LogP contribution is 2.20. The van der Waals surface area contributed by atoms with Crippen LogP contribution >= 0.6 is 23.2 Å². The fraction of sp³-hybridized carbons (Fsp3) is 0.133. The van der Waals surface area contributed by atoms with Crippen LogP contribution in [0.4, 0.5) is 5.69 Å². The average molecular weight is 337 g/mol. The number of rotatable bonds is 5. The van der Waals surface area contributed by atoms with Crippen LogP contribution in [-0.2, 0) is 4.79 Å². The molecule has 2 N–H and O–H groups in total. The van der Waals surface area contributed by atoms with Gasteiger partial charge in [0.15, 0.2) is 0 Å². The normalized spacial score (nSPS) is 10.7. The molecular weight excluding hydrogens is 323 g/mol. The summed E-state index contributed by atoms with van der Waals surface area (Å²) in [5.41, 5.74) is 4.93. The van der Waals surface area contributed by atoms with Crippen LogP contribution in [0, 0.1) is 6.92 Å². The van der Waals surface area contributed by atoms with Gasteiger partial charge >= 0.3 is 0 Å². The molecule has 114 valence electrons. The summed E-state index contributed by atoms with van der Waals surface area (Å²) in [6, 6.07) is 7.74. The van der Waals surface area contributed by atoms with E-state index in [2.05, 4.69) is 20.8 Å². The van der Waals surface area contributed by atoms with Crippen molar-refractivity contribution in [2.45, 2.75) is 6.92 Å². The summed E-state index contributed by atoms with van der Waals surface area (Å²) >= 11 is 11.9. The van der Waals surface area contributed by atoms with Gasteiger partial charge in [-0.3, -0.25) is 9.78 Å². The Morgan fingerprint density at radius 2 is 1.86 bits per heavy atom. The lowest BCUT2D eigenvalue weighted by Crippen LogP contribution is -2.25. The van der Waals surface area contributed by atoms with Gasteiger partial charge in [-0.15, -0.1) is 0 Å². The van der Waals surface area contributed by atoms with E-state index in [-0.39, 0.29) is 12.5 Å². The predicted octanol–water partition coefficient (Wildman–Crippen LogP) is 3.26. The van der Waals surface area contributed by atoms with Crippen molar-refractivity contribution >= 4 is 41.0 Å². The van der Waals surface area contributed by atoms with Crippen molar-refractivity contribution in [3.63, 3.8) is 0 Å². The Bertz CT molecular complexity index is 666. The van der Waals surface area contributed by atoms with Gasteiger partial charge in [0.1, 0.15) is 0 Å². The zero-order valence-electron chi connectivity index (χ0n) is 11.8. The Kier molecular flexibility index (Phi) is 5.75. The number of hydrazone groups is 1. The number of nitrogens with zero attached hydrogens (tertiary/aromatic N) is 2. The summed E-state index contributed by atoms with van der Waals surface area (Å²) in [4.78, 5) is 15.5. The minimum Gasteiger partial charge on any atom is -0.376 e. The maximum atomic E-state index is 11.7. The van der Waals surface area contributed by atoms with Gasteiger partial charge in [0.2, 0.25) is 0 Å². The summed E-state index contributed by atoms with van der Waals surface area (Å²) < 4.78 is 0. The largest absolute Gasteiger partial charge is 0.376 e. The highest BCUT2D eigenvalue weighted by molar-refractivity contribution is 6.38. The van der Waals surface area contributed by atoms with Crippen molar-refractivity contribution in [2.75, 3.05) is 11.9 Å². The second-order valence-electron chi connectivity index (χ2n) is 4.53. The molecule has 0 aliphatic rings. The number of carbonyl (C=O) groups is 1. The molecule has 1 heterocycles. The van der Waals surface area contributed by atoms with Crippen molar-refractivity contribution < 1.29 is 4.79 Å². The van der Waals surface area contributed by atoms with Gasteiger partial charge < -0.3 is 5.32 Å². The molecule has 0 unspecified atom stereocenters. The van der Waals surface area contributed by atoms with Crippen molar-refractivity contribution in [3.05, 3.63) is 57.8 Å². The number of anilines is 1. The fourth-order valence-electron chi connectivity index (χ4n) is 1.61. The second kappa shape index (κ2) is 7.77. The highest BCUT2D eigenvalue weighted by atomic mass is 35.5. The molecule has 0 atom stereocenters. The summed E-state index contributed by atoms with van der Waals surface area (Å²) in [6.07, 6.45) is 4.29. The summed E-state index contributed by atoms with van der Waals surface area (Å²) in [6.45, 7) is 2.11. The van der Waals surface area contributed by atoms with E-state index >= 15 is 0 Å². The maximum absolute atomic E-state index is 11.7. The van der Waals surface area contributed by atoms with Crippen LogP contribution in [-0.4, -0.2) is 23.7 Å². The van der Waals surface area contributed by atoms with Crippen molar-refractivity contribution in [1.82, 2.24) is 10.4 Å². The van der Waals surface area contributed by atoms with Crippen LogP contribution in [0.5, 0.6) is 0 Å². The van der Waals surface area contributed by atoms with Crippen LogP contribution in [0.3, 0.4) is 0 Å². The van der Waals surface area contributed by atoms with Crippen molar-refractivity contribution in [2.24, 2.45) is 5.10 Å². The quantitative estimate of drug-likeness (QED) is 0.650. The van der Waals surface area contributed by atoms with E-state index in [1.54, 1.807) is 0 Å². The molecule has 22 heavy (non-hydrogen) atoms. The molecule has 0 saturated carbocycles. The first-order valence-corrected chi connectivity index (χ1v) is 7.23. The van der Waals surface area contributed by atoms with Crippen LogP contribution < -0.4 is 10.7 Å². The number of amides is 1. The molecule has 1 amide bonds. The van der Waals surface area contributed by atoms with Crippen LogP contribution in [0.25, 0.3) is 0 Å². The smallest absolute Gasteiger partial charge is 0.259 e. The third kappa shape index (κ3) is 4.72. The lowest BCUT2D eigenvalue weighted by Gasteiger charge is -2.05. The Hall–Kier alpha value is -2.11. The van der Waals surface area contributed by atoms with E-state index in [0.717, 1.165) is 11.3 Å². The molecule has 0 bridgehead atoms. The number of aryl methyl sites for hydroxylation is 1. The van der Waals surface area contributed by atoms with E-state index < -0.39 is 0 Å². The van der Waals surface area contributed by atoms with Crippen LogP contribution in [0.15, 0.2) is 41.8 Å². The number of halogens is 2. The maximum Gasteiger partial charge on any atom is 0.259 e. The number of aromatic nitrogens is 1. The Morgan fingerprint density at radius 1 is 1.23 bits per heavy atom. The van der Waals surface area contributed by atoms with Gasteiger partial charge in [0, 0.05) is 23.6 Å². The minimum absolute atomic E-state index is 0.109. The summed E-state index contributed by atoms with van der Waals surface area (Å²) in [5, 5.41) is 7.55. The van der Waals surface area contributed by atoms with E-state index in [1.807, 2.05) is 31.2 Å². The topological polar surface area (TPSA) is 66.4 Å². The molecule has 0 radical (unpaired) electrons. The number of hydrogen-bond donors (Lipinski definition) is 2. The predicted molar refractivity (Wildman–Crippen MR) is 89.7 cm³/mol. The zero-order chi connectivity index (χ0) is 15.9. The van der Waals surface area contributed by atoms with Crippen molar-refractivity contribution in [1.29, 1.82) is 0 Å². The summed E-state index contributed by atoms with van der Waals surface area (Å²) in [7, 11) is 0.